The van der Waals surface area contributed by atoms with E-state index in [1.165, 1.54) is 13.0 Å². The number of carboxylic acid groups (broad SMARTS) is 1. The smallest absolute Gasteiger partial charge is 0.411 e. The second kappa shape index (κ2) is 6.32. The number of amides is 1. The summed E-state index contributed by atoms with van der Waals surface area (Å²) in [6, 6.07) is 2.05. The zero-order chi connectivity index (χ0) is 15.3. The Labute approximate surface area is 113 Å². The van der Waals surface area contributed by atoms with Crippen molar-refractivity contribution in [1.82, 2.24) is 0 Å². The van der Waals surface area contributed by atoms with Gasteiger partial charge in [0.2, 0.25) is 0 Å². The molecule has 0 aromatic heterocycles. The van der Waals surface area contributed by atoms with E-state index in [1.54, 1.807) is 0 Å². The Balaban J connectivity index is 3.17. The van der Waals surface area contributed by atoms with Crippen LogP contribution in [0.4, 0.5) is 16.2 Å². The molecule has 0 radical (unpaired) electrons. The van der Waals surface area contributed by atoms with Crippen LogP contribution < -0.4 is 5.32 Å². The number of ether oxygens (including phenoxy) is 1. The van der Waals surface area contributed by atoms with Gasteiger partial charge in [0.15, 0.2) is 0 Å². The van der Waals surface area contributed by atoms with Crippen LogP contribution in [0.1, 0.15) is 15.9 Å². The molecule has 20 heavy (non-hydrogen) atoms. The molecule has 1 rings (SSSR count). The van der Waals surface area contributed by atoms with E-state index in [1.807, 2.05) is 0 Å². The fourth-order valence-electron chi connectivity index (χ4n) is 1.42. The first kappa shape index (κ1) is 15.2. The zero-order valence-electron chi connectivity index (χ0n) is 10.6. The molecule has 0 saturated heterocycles. The highest BCUT2D eigenvalue weighted by atomic mass is 16.6. The maximum Gasteiger partial charge on any atom is 0.411 e. The van der Waals surface area contributed by atoms with E-state index in [9.17, 15) is 19.7 Å². The highest BCUT2D eigenvalue weighted by Gasteiger charge is 2.20. The molecule has 1 aromatic rings. The number of hydrogen-bond acceptors (Lipinski definition) is 5. The average Bonchev–Trinajstić information content (AvgIpc) is 2.38. The van der Waals surface area contributed by atoms with Crippen molar-refractivity contribution in [2.24, 2.45) is 0 Å². The highest BCUT2D eigenvalue weighted by molar-refractivity contribution is 5.93. The van der Waals surface area contributed by atoms with Gasteiger partial charge in [-0.25, -0.2) is 9.59 Å². The van der Waals surface area contributed by atoms with Crippen molar-refractivity contribution < 1.29 is 24.4 Å². The number of carboxylic acids is 1. The first-order valence-corrected chi connectivity index (χ1v) is 5.43. The normalized spacial score (nSPS) is 9.65. The molecular weight excluding hydrogens is 268 g/mol. The summed E-state index contributed by atoms with van der Waals surface area (Å²) in [4.78, 5) is 32.4. The predicted molar refractivity (Wildman–Crippen MR) is 70.0 cm³/mol. The molecule has 0 aliphatic heterocycles. The molecule has 2 N–H and O–H groups in total. The summed E-state index contributed by atoms with van der Waals surface area (Å²) in [7, 11) is 0. The fraction of sp³-hybridized carbons (Fsp3) is 0.167. The summed E-state index contributed by atoms with van der Waals surface area (Å²) in [5.74, 6) is -1.34. The van der Waals surface area contributed by atoms with Gasteiger partial charge in [-0.1, -0.05) is 12.7 Å². The number of carbonyl (C=O) groups is 2. The number of nitro benzene ring substituents is 1. The van der Waals surface area contributed by atoms with Crippen molar-refractivity contribution >= 4 is 23.4 Å². The minimum absolute atomic E-state index is 0.00524. The van der Waals surface area contributed by atoms with Gasteiger partial charge in [-0.2, -0.15) is 0 Å². The molecule has 0 unspecified atom stereocenters. The Hall–Kier alpha value is -2.90. The lowest BCUT2D eigenvalue weighted by Gasteiger charge is -2.09. The monoisotopic (exact) mass is 280 g/mol. The molecule has 0 aliphatic carbocycles. The molecule has 0 spiro atoms. The molecule has 0 atom stereocenters. The third-order valence-corrected chi connectivity index (χ3v) is 2.39. The fourth-order valence-corrected chi connectivity index (χ4v) is 1.42. The quantitative estimate of drug-likeness (QED) is 0.485. The van der Waals surface area contributed by atoms with Gasteiger partial charge in [-0.05, 0) is 13.0 Å². The molecule has 0 bridgehead atoms. The van der Waals surface area contributed by atoms with E-state index in [0.717, 1.165) is 12.1 Å². The minimum atomic E-state index is -1.34. The second-order valence-electron chi connectivity index (χ2n) is 3.74. The van der Waals surface area contributed by atoms with Gasteiger partial charge in [0.25, 0.3) is 5.69 Å². The van der Waals surface area contributed by atoms with Crippen LogP contribution in [0, 0.1) is 17.0 Å². The lowest BCUT2D eigenvalue weighted by Crippen LogP contribution is -2.15. The van der Waals surface area contributed by atoms with Crippen molar-refractivity contribution in [3.05, 3.63) is 46.0 Å². The number of anilines is 1. The average molecular weight is 280 g/mol. The molecule has 8 nitrogen and oxygen atoms in total. The number of rotatable bonds is 5. The third-order valence-electron chi connectivity index (χ3n) is 2.39. The highest BCUT2D eigenvalue weighted by Crippen LogP contribution is 2.28. The van der Waals surface area contributed by atoms with Crippen LogP contribution >= 0.6 is 0 Å². The van der Waals surface area contributed by atoms with E-state index >= 15 is 0 Å². The Morgan fingerprint density at radius 2 is 2.20 bits per heavy atom. The van der Waals surface area contributed by atoms with E-state index in [0.29, 0.717) is 0 Å². The summed E-state index contributed by atoms with van der Waals surface area (Å²) < 4.78 is 4.67. The molecule has 1 aromatic carbocycles. The number of nitro groups is 1. The van der Waals surface area contributed by atoms with Crippen LogP contribution in [0.15, 0.2) is 24.8 Å². The van der Waals surface area contributed by atoms with Gasteiger partial charge in [-0.15, -0.1) is 0 Å². The van der Waals surface area contributed by atoms with Crippen molar-refractivity contribution in [2.45, 2.75) is 6.92 Å². The Morgan fingerprint density at radius 3 is 2.70 bits per heavy atom. The number of carbonyl (C=O) groups excluding carboxylic acids is 1. The van der Waals surface area contributed by atoms with Gasteiger partial charge in [-0.3, -0.25) is 15.4 Å². The van der Waals surface area contributed by atoms with Crippen LogP contribution in [0.25, 0.3) is 0 Å². The topological polar surface area (TPSA) is 119 Å². The first-order chi connectivity index (χ1) is 9.36. The van der Waals surface area contributed by atoms with Gasteiger partial charge in [0.1, 0.15) is 6.61 Å². The molecular formula is C12H12N2O6. The largest absolute Gasteiger partial charge is 0.478 e. The molecule has 0 aliphatic rings. The van der Waals surface area contributed by atoms with Crippen LogP contribution in [0.2, 0.25) is 0 Å². The number of hydrogen-bond donors (Lipinski definition) is 2. The zero-order valence-corrected chi connectivity index (χ0v) is 10.6. The van der Waals surface area contributed by atoms with Gasteiger partial charge in [0, 0.05) is 6.07 Å². The standard InChI is InChI=1S/C12H12N2O6/c1-3-4-20-12(17)13-9-5-8(11(15)16)6-10(7(9)2)14(18)19/h3,5-6H,1,4H2,2H3,(H,13,17)(H,15,16). The number of nitrogens with zero attached hydrogens (tertiary/aromatic N) is 1. The van der Waals surface area contributed by atoms with Gasteiger partial charge >= 0.3 is 12.1 Å². The summed E-state index contributed by atoms with van der Waals surface area (Å²) >= 11 is 0. The summed E-state index contributed by atoms with van der Waals surface area (Å²) in [6.45, 7) is 4.72. The number of nitrogens with one attached hydrogen (secondary N) is 1. The van der Waals surface area contributed by atoms with E-state index in [-0.39, 0.29) is 23.4 Å². The van der Waals surface area contributed by atoms with Crippen LogP contribution in [-0.4, -0.2) is 28.7 Å². The van der Waals surface area contributed by atoms with Crippen LogP contribution in [0.3, 0.4) is 0 Å². The van der Waals surface area contributed by atoms with Crippen molar-refractivity contribution in [1.29, 1.82) is 0 Å². The Kier molecular flexibility index (Phi) is 4.79. The molecule has 0 heterocycles. The van der Waals surface area contributed by atoms with Gasteiger partial charge in [0.05, 0.1) is 21.7 Å². The minimum Gasteiger partial charge on any atom is -0.478 e. The summed E-state index contributed by atoms with van der Waals surface area (Å²) in [6.07, 6.45) is 0.493. The maximum atomic E-state index is 11.4. The maximum absolute atomic E-state index is 11.4. The van der Waals surface area contributed by atoms with Crippen molar-refractivity contribution in [3.63, 3.8) is 0 Å². The van der Waals surface area contributed by atoms with E-state index in [2.05, 4.69) is 16.6 Å². The molecule has 1 amide bonds. The first-order valence-electron chi connectivity index (χ1n) is 5.43. The molecule has 106 valence electrons. The van der Waals surface area contributed by atoms with Crippen molar-refractivity contribution in [2.75, 3.05) is 11.9 Å². The van der Waals surface area contributed by atoms with Crippen molar-refractivity contribution in [3.8, 4) is 0 Å². The molecule has 0 fully saturated rings. The molecule has 0 saturated carbocycles. The lowest BCUT2D eigenvalue weighted by atomic mass is 10.1. The lowest BCUT2D eigenvalue weighted by molar-refractivity contribution is -0.385. The molecule has 8 heteroatoms. The van der Waals surface area contributed by atoms with Crippen LogP contribution in [-0.2, 0) is 4.74 Å². The SMILES string of the molecule is C=CCOC(=O)Nc1cc(C(=O)O)cc([N+](=O)[O-])c1C. The number of aromatic carboxylic acids is 1. The third kappa shape index (κ3) is 3.55. The summed E-state index contributed by atoms with van der Waals surface area (Å²) in [5, 5.41) is 22.0. The van der Waals surface area contributed by atoms with Gasteiger partial charge < -0.3 is 9.84 Å². The Bertz CT molecular complexity index is 582. The second-order valence-corrected chi connectivity index (χ2v) is 3.74. The predicted octanol–water partition coefficient (Wildman–Crippen LogP) is 2.34. The number of benzene rings is 1. The van der Waals surface area contributed by atoms with Crippen LogP contribution in [0.5, 0.6) is 0 Å². The van der Waals surface area contributed by atoms with E-state index in [4.69, 9.17) is 5.11 Å². The van der Waals surface area contributed by atoms with E-state index < -0.39 is 22.7 Å². The summed E-state index contributed by atoms with van der Waals surface area (Å²) in [5.41, 5.74) is -0.563. The Morgan fingerprint density at radius 1 is 1.55 bits per heavy atom.